The zero-order valence-electron chi connectivity index (χ0n) is 18.1. The molecule has 8 heteroatoms. The van der Waals surface area contributed by atoms with E-state index in [1.54, 1.807) is 20.3 Å². The summed E-state index contributed by atoms with van der Waals surface area (Å²) in [6, 6.07) is 15.4. The molecule has 2 aromatic carbocycles. The Morgan fingerprint density at radius 2 is 1.94 bits per heavy atom. The first-order valence-corrected chi connectivity index (χ1v) is 10.2. The van der Waals surface area contributed by atoms with E-state index in [1.165, 1.54) is 0 Å². The largest absolute Gasteiger partial charge is 0.494 e. The zero-order chi connectivity index (χ0) is 22.7. The maximum atomic E-state index is 9.94. The molecule has 3 aromatic rings. The Morgan fingerprint density at radius 1 is 1.16 bits per heavy atom. The third-order valence-electron chi connectivity index (χ3n) is 5.30. The summed E-state index contributed by atoms with van der Waals surface area (Å²) < 4.78 is 22.5. The Bertz CT molecular complexity index is 1190. The van der Waals surface area contributed by atoms with E-state index >= 15 is 0 Å². The third-order valence-corrected chi connectivity index (χ3v) is 5.30. The molecule has 0 fully saturated rings. The number of para-hydroxylation sites is 1. The minimum absolute atomic E-state index is 0.0104. The van der Waals surface area contributed by atoms with Gasteiger partial charge >= 0.3 is 0 Å². The van der Waals surface area contributed by atoms with Crippen LogP contribution in [0.3, 0.4) is 0 Å². The maximum absolute atomic E-state index is 9.94. The van der Waals surface area contributed by atoms with Crippen molar-refractivity contribution in [2.45, 2.75) is 19.3 Å². The maximum Gasteiger partial charge on any atom is 0.244 e. The number of aromatic nitrogens is 2. The number of hydrogen-bond acceptors (Lipinski definition) is 7. The second-order valence-corrected chi connectivity index (χ2v) is 7.20. The van der Waals surface area contributed by atoms with Gasteiger partial charge in [-0.05, 0) is 36.8 Å². The van der Waals surface area contributed by atoms with Crippen LogP contribution in [-0.2, 0) is 0 Å². The van der Waals surface area contributed by atoms with Crippen molar-refractivity contribution in [2.75, 3.05) is 20.8 Å². The summed E-state index contributed by atoms with van der Waals surface area (Å²) in [6.07, 6.45) is 0.932. The molecule has 1 aliphatic rings. The van der Waals surface area contributed by atoms with E-state index in [9.17, 15) is 5.26 Å². The zero-order valence-corrected chi connectivity index (χ0v) is 18.1. The number of nitrogens with one attached hydrogen (secondary N) is 1. The number of H-pyrrole nitrogens is 1. The van der Waals surface area contributed by atoms with Crippen LogP contribution in [-0.4, -0.2) is 31.0 Å². The minimum Gasteiger partial charge on any atom is -0.494 e. The van der Waals surface area contributed by atoms with Crippen molar-refractivity contribution in [2.24, 2.45) is 5.73 Å². The van der Waals surface area contributed by atoms with E-state index in [4.69, 9.17) is 24.7 Å². The lowest BCUT2D eigenvalue weighted by Gasteiger charge is -2.26. The molecule has 3 N–H and O–H groups in total. The molecule has 2 heterocycles. The van der Waals surface area contributed by atoms with Crippen LogP contribution in [0.5, 0.6) is 23.1 Å². The van der Waals surface area contributed by atoms with E-state index < -0.39 is 5.92 Å². The molecular formula is C24H24N4O4. The van der Waals surface area contributed by atoms with Crippen LogP contribution < -0.4 is 24.7 Å². The van der Waals surface area contributed by atoms with Gasteiger partial charge in [-0.1, -0.05) is 19.1 Å². The summed E-state index contributed by atoms with van der Waals surface area (Å²) in [5.74, 6) is 1.63. The molecule has 0 amide bonds. The summed E-state index contributed by atoms with van der Waals surface area (Å²) in [5, 5.41) is 17.3. The number of ether oxygens (including phenoxy) is 4. The van der Waals surface area contributed by atoms with Gasteiger partial charge in [0.05, 0.1) is 38.0 Å². The first kappa shape index (κ1) is 21.1. The second-order valence-electron chi connectivity index (χ2n) is 7.20. The second kappa shape index (κ2) is 8.94. The molecule has 1 aromatic heterocycles. The molecule has 0 bridgehead atoms. The lowest BCUT2D eigenvalue weighted by molar-refractivity contribution is 0.317. The Kier molecular flexibility index (Phi) is 5.90. The van der Waals surface area contributed by atoms with Crippen molar-refractivity contribution in [1.82, 2.24) is 10.2 Å². The molecule has 1 aliphatic heterocycles. The van der Waals surface area contributed by atoms with E-state index in [-0.39, 0.29) is 11.5 Å². The van der Waals surface area contributed by atoms with Gasteiger partial charge in [-0.2, -0.15) is 5.26 Å². The van der Waals surface area contributed by atoms with Crippen molar-refractivity contribution in [1.29, 1.82) is 5.26 Å². The molecule has 1 atom stereocenters. The van der Waals surface area contributed by atoms with Crippen LogP contribution in [0, 0.1) is 11.3 Å². The Morgan fingerprint density at radius 3 is 2.59 bits per heavy atom. The Balaban J connectivity index is 1.87. The first-order chi connectivity index (χ1) is 15.6. The number of methoxy groups -OCH3 is 2. The Hall–Kier alpha value is -4.12. The number of aromatic amines is 1. The normalized spacial score (nSPS) is 14.9. The van der Waals surface area contributed by atoms with Gasteiger partial charge in [0.1, 0.15) is 17.4 Å². The highest BCUT2D eigenvalue weighted by Crippen LogP contribution is 2.49. The van der Waals surface area contributed by atoms with Crippen molar-refractivity contribution in [3.05, 3.63) is 65.0 Å². The van der Waals surface area contributed by atoms with E-state index in [1.807, 2.05) is 36.4 Å². The summed E-state index contributed by atoms with van der Waals surface area (Å²) in [7, 11) is 3.13. The average molecular weight is 432 g/mol. The fraction of sp³-hybridized carbons (Fsp3) is 0.250. The number of nitrogens with zero attached hydrogens (tertiary/aromatic N) is 2. The van der Waals surface area contributed by atoms with Gasteiger partial charge in [0, 0.05) is 11.1 Å². The molecule has 4 rings (SSSR count). The average Bonchev–Trinajstić information content (AvgIpc) is 3.24. The fourth-order valence-electron chi connectivity index (χ4n) is 3.85. The molecule has 0 aliphatic carbocycles. The molecule has 8 nitrogen and oxygen atoms in total. The molecular weight excluding hydrogens is 408 g/mol. The lowest BCUT2D eigenvalue weighted by atomic mass is 9.82. The summed E-state index contributed by atoms with van der Waals surface area (Å²) in [5.41, 5.74) is 9.39. The summed E-state index contributed by atoms with van der Waals surface area (Å²) in [4.78, 5) is 0. The van der Waals surface area contributed by atoms with Gasteiger partial charge in [-0.25, -0.2) is 0 Å². The van der Waals surface area contributed by atoms with E-state index in [0.29, 0.717) is 29.5 Å². The van der Waals surface area contributed by atoms with Gasteiger partial charge in [0.15, 0.2) is 11.5 Å². The molecule has 0 spiro atoms. The number of allylic oxidation sites excluding steroid dienone is 1. The van der Waals surface area contributed by atoms with Crippen molar-refractivity contribution >= 4 is 0 Å². The molecule has 0 unspecified atom stereocenters. The number of benzene rings is 2. The van der Waals surface area contributed by atoms with Crippen molar-refractivity contribution in [3.63, 3.8) is 0 Å². The van der Waals surface area contributed by atoms with Crippen molar-refractivity contribution in [3.8, 4) is 40.5 Å². The monoisotopic (exact) mass is 432 g/mol. The quantitative estimate of drug-likeness (QED) is 0.577. The molecule has 164 valence electrons. The highest BCUT2D eigenvalue weighted by atomic mass is 16.5. The van der Waals surface area contributed by atoms with Crippen LogP contribution in [0.25, 0.3) is 11.3 Å². The lowest BCUT2D eigenvalue weighted by Crippen LogP contribution is -2.21. The van der Waals surface area contributed by atoms with Gasteiger partial charge < -0.3 is 24.7 Å². The van der Waals surface area contributed by atoms with Gasteiger partial charge in [-0.3, -0.25) is 5.10 Å². The van der Waals surface area contributed by atoms with Crippen LogP contribution in [0.2, 0.25) is 0 Å². The topological polar surface area (TPSA) is 115 Å². The van der Waals surface area contributed by atoms with Gasteiger partial charge in [0.25, 0.3) is 0 Å². The number of nitrogens with two attached hydrogens (primary N) is 1. The Labute approximate surface area is 186 Å². The standard InChI is InChI=1S/C24H24N4O4/c1-4-12-31-15-10-8-14(9-11-15)21-20-19(16-6-5-7-18(29-2)22(16)30-3)17(13-25)23(26)32-24(20)28-27-21/h5-11,19H,4,12,26H2,1-3H3,(H,27,28)/t19-/m1/s1. The summed E-state index contributed by atoms with van der Waals surface area (Å²) in [6.45, 7) is 2.71. The van der Waals surface area contributed by atoms with Crippen LogP contribution in [0.15, 0.2) is 53.9 Å². The molecule has 32 heavy (non-hydrogen) atoms. The fourth-order valence-corrected chi connectivity index (χ4v) is 3.85. The number of rotatable bonds is 7. The first-order valence-electron chi connectivity index (χ1n) is 10.2. The number of fused-ring (bicyclic) bond motifs is 1. The van der Waals surface area contributed by atoms with Crippen LogP contribution in [0.4, 0.5) is 0 Å². The van der Waals surface area contributed by atoms with Crippen molar-refractivity contribution < 1.29 is 18.9 Å². The molecule has 0 saturated heterocycles. The smallest absolute Gasteiger partial charge is 0.244 e. The third kappa shape index (κ3) is 3.58. The predicted octanol–water partition coefficient (Wildman–Crippen LogP) is 4.10. The van der Waals surface area contributed by atoms with E-state index in [2.05, 4.69) is 23.2 Å². The number of nitriles is 1. The predicted molar refractivity (Wildman–Crippen MR) is 119 cm³/mol. The highest BCUT2D eigenvalue weighted by molar-refractivity contribution is 5.72. The summed E-state index contributed by atoms with van der Waals surface area (Å²) >= 11 is 0. The SMILES string of the molecule is CCCOc1ccc(-c2[nH]nc3c2[C@H](c2cccc(OC)c2OC)C(C#N)=C(N)O3)cc1. The van der Waals surface area contributed by atoms with Gasteiger partial charge in [0.2, 0.25) is 11.8 Å². The molecule has 0 saturated carbocycles. The van der Waals surface area contributed by atoms with Crippen LogP contribution >= 0.6 is 0 Å². The minimum atomic E-state index is -0.557. The van der Waals surface area contributed by atoms with E-state index in [0.717, 1.165) is 29.0 Å². The molecule has 0 radical (unpaired) electrons. The highest BCUT2D eigenvalue weighted by Gasteiger charge is 2.37. The van der Waals surface area contributed by atoms with Gasteiger partial charge in [-0.15, -0.1) is 5.10 Å². The number of hydrogen-bond donors (Lipinski definition) is 2. The van der Waals surface area contributed by atoms with Crippen LogP contribution in [0.1, 0.15) is 30.4 Å².